The summed E-state index contributed by atoms with van der Waals surface area (Å²) in [5.41, 5.74) is 5.44. The molecule has 1 rings (SSSR count). The minimum atomic E-state index is -3.41. The van der Waals surface area contributed by atoms with E-state index in [0.29, 0.717) is 13.1 Å². The highest BCUT2D eigenvalue weighted by molar-refractivity contribution is 7.92. The van der Waals surface area contributed by atoms with Crippen molar-refractivity contribution >= 4 is 27.2 Å². The average Bonchev–Trinajstić information content (AvgIpc) is 2.23. The van der Waals surface area contributed by atoms with Crippen LogP contribution < -0.4 is 5.73 Å². The molecule has 0 amide bonds. The van der Waals surface area contributed by atoms with Crippen molar-refractivity contribution < 1.29 is 8.42 Å². The molecule has 2 N–H and O–H groups in total. The number of nitrogens with zero attached hydrogens (tertiary/aromatic N) is 2. The summed E-state index contributed by atoms with van der Waals surface area (Å²) in [6, 6.07) is 0.402. The molecule has 17 heavy (non-hydrogen) atoms. The van der Waals surface area contributed by atoms with E-state index in [2.05, 4.69) is 4.90 Å². The van der Waals surface area contributed by atoms with Gasteiger partial charge in [0.05, 0.1) is 4.99 Å². The Morgan fingerprint density at radius 3 is 2.12 bits per heavy atom. The second kappa shape index (κ2) is 5.17. The van der Waals surface area contributed by atoms with Crippen LogP contribution in [0, 0.1) is 0 Å². The van der Waals surface area contributed by atoms with Gasteiger partial charge in [-0.2, -0.15) is 4.31 Å². The molecule has 0 bridgehead atoms. The average molecular weight is 279 g/mol. The number of hydrogen-bond donors (Lipinski definition) is 1. The molecule has 7 heteroatoms. The smallest absolute Gasteiger partial charge is 0.223 e. The first-order chi connectivity index (χ1) is 7.67. The molecule has 0 aliphatic carbocycles. The summed E-state index contributed by atoms with van der Waals surface area (Å²) < 4.78 is 26.0. The molecule has 1 aliphatic heterocycles. The minimum Gasteiger partial charge on any atom is -0.392 e. The largest absolute Gasteiger partial charge is 0.392 e. The van der Waals surface area contributed by atoms with Crippen LogP contribution >= 0.6 is 12.2 Å². The van der Waals surface area contributed by atoms with Gasteiger partial charge in [0.2, 0.25) is 10.0 Å². The van der Waals surface area contributed by atoms with E-state index in [4.69, 9.17) is 18.0 Å². The highest BCUT2D eigenvalue weighted by Crippen LogP contribution is 2.19. The molecule has 0 radical (unpaired) electrons. The summed E-state index contributed by atoms with van der Waals surface area (Å²) in [4.78, 5) is 2.21. The molecule has 3 atom stereocenters. The van der Waals surface area contributed by atoms with Crippen molar-refractivity contribution in [2.24, 2.45) is 5.73 Å². The van der Waals surface area contributed by atoms with E-state index in [1.165, 1.54) is 4.31 Å². The monoisotopic (exact) mass is 279 g/mol. The number of piperazine rings is 1. The maximum absolute atomic E-state index is 12.3. The predicted molar refractivity (Wildman–Crippen MR) is 73.4 cm³/mol. The van der Waals surface area contributed by atoms with Crippen LogP contribution in [-0.2, 0) is 10.0 Å². The molecular weight excluding hydrogens is 258 g/mol. The first kappa shape index (κ1) is 14.8. The maximum Gasteiger partial charge on any atom is 0.223 e. The molecule has 3 unspecified atom stereocenters. The first-order valence-electron chi connectivity index (χ1n) is 5.68. The van der Waals surface area contributed by atoms with Crippen LogP contribution in [-0.4, -0.2) is 60.1 Å². The molecule has 0 spiro atoms. The summed E-state index contributed by atoms with van der Waals surface area (Å²) in [5.74, 6) is 0. The van der Waals surface area contributed by atoms with Gasteiger partial charge in [-0.05, 0) is 27.8 Å². The van der Waals surface area contributed by atoms with Crippen LogP contribution in [0.15, 0.2) is 0 Å². The van der Waals surface area contributed by atoms with Gasteiger partial charge in [-0.15, -0.1) is 0 Å². The lowest BCUT2D eigenvalue weighted by Crippen LogP contribution is -2.58. The predicted octanol–water partition coefficient (Wildman–Crippen LogP) is 0.0152. The third kappa shape index (κ3) is 2.96. The van der Waals surface area contributed by atoms with Gasteiger partial charge in [-0.25, -0.2) is 8.42 Å². The Morgan fingerprint density at radius 1 is 1.35 bits per heavy atom. The minimum absolute atomic E-state index is 0.0317. The number of sulfonamides is 1. The van der Waals surface area contributed by atoms with E-state index >= 15 is 0 Å². The van der Waals surface area contributed by atoms with Crippen molar-refractivity contribution in [3.63, 3.8) is 0 Å². The number of likely N-dealkylation sites (N-methyl/N-ethyl adjacent to an activating group) is 1. The molecule has 0 saturated carbocycles. The molecule has 0 aromatic carbocycles. The van der Waals surface area contributed by atoms with E-state index in [1.54, 1.807) is 6.92 Å². The summed E-state index contributed by atoms with van der Waals surface area (Å²) in [7, 11) is -1.40. The van der Waals surface area contributed by atoms with Crippen LogP contribution in [0.1, 0.15) is 20.8 Å². The van der Waals surface area contributed by atoms with Gasteiger partial charge in [0.15, 0.2) is 0 Å². The highest BCUT2D eigenvalue weighted by Gasteiger charge is 2.37. The number of rotatable bonds is 3. The zero-order chi connectivity index (χ0) is 13.4. The Morgan fingerprint density at radius 2 is 1.76 bits per heavy atom. The molecule has 0 aromatic heterocycles. The molecule has 0 aromatic rings. The van der Waals surface area contributed by atoms with Crippen LogP contribution in [0.2, 0.25) is 0 Å². The number of nitrogens with two attached hydrogens (primary N) is 1. The van der Waals surface area contributed by atoms with Gasteiger partial charge in [-0.1, -0.05) is 12.2 Å². The molecule has 1 saturated heterocycles. The lowest BCUT2D eigenvalue weighted by molar-refractivity contribution is 0.105. The zero-order valence-electron chi connectivity index (χ0n) is 10.8. The van der Waals surface area contributed by atoms with Crippen molar-refractivity contribution in [3.05, 3.63) is 0 Å². The normalized spacial score (nSPS) is 30.1. The van der Waals surface area contributed by atoms with E-state index in [1.807, 2.05) is 20.9 Å². The summed E-state index contributed by atoms with van der Waals surface area (Å²) >= 11 is 4.78. The molecular formula is C10H21N3O2S2. The second-order valence-corrected chi connectivity index (χ2v) is 7.49. The van der Waals surface area contributed by atoms with Crippen LogP contribution in [0.25, 0.3) is 0 Å². The molecule has 100 valence electrons. The van der Waals surface area contributed by atoms with Gasteiger partial charge in [0.25, 0.3) is 0 Å². The van der Waals surface area contributed by atoms with Gasteiger partial charge >= 0.3 is 0 Å². The van der Waals surface area contributed by atoms with Gasteiger partial charge in [0, 0.05) is 25.2 Å². The number of thiocarbonyl (C=S) groups is 1. The standard InChI is InChI=1S/C10H21N3O2S2/c1-7-5-13(6-8(2)12(7)4)17(14,15)9(3)10(11)16/h7-9H,5-6H2,1-4H3,(H2,11,16). The molecule has 5 nitrogen and oxygen atoms in total. The fourth-order valence-corrected chi connectivity index (χ4v) is 3.89. The fraction of sp³-hybridized carbons (Fsp3) is 0.900. The van der Waals surface area contributed by atoms with Gasteiger partial charge in [-0.3, -0.25) is 4.90 Å². The second-order valence-electron chi connectivity index (χ2n) is 4.77. The SMILES string of the molecule is CC1CN(S(=O)(=O)C(C)C(N)=S)CC(C)N1C. The lowest BCUT2D eigenvalue weighted by Gasteiger charge is -2.42. The van der Waals surface area contributed by atoms with E-state index in [9.17, 15) is 8.42 Å². The topological polar surface area (TPSA) is 66.6 Å². The van der Waals surface area contributed by atoms with Crippen molar-refractivity contribution in [1.82, 2.24) is 9.21 Å². The Balaban J connectivity index is 2.91. The van der Waals surface area contributed by atoms with Gasteiger partial charge < -0.3 is 5.73 Å². The van der Waals surface area contributed by atoms with Crippen molar-refractivity contribution in [1.29, 1.82) is 0 Å². The third-order valence-corrected chi connectivity index (χ3v) is 6.20. The Hall–Kier alpha value is -0.240. The van der Waals surface area contributed by atoms with E-state index in [0.717, 1.165) is 0 Å². The molecule has 1 fully saturated rings. The van der Waals surface area contributed by atoms with Crippen LogP contribution in [0.5, 0.6) is 0 Å². The molecule has 1 heterocycles. The van der Waals surface area contributed by atoms with Crippen LogP contribution in [0.3, 0.4) is 0 Å². The first-order valence-corrected chi connectivity index (χ1v) is 7.59. The number of hydrogen-bond acceptors (Lipinski definition) is 4. The van der Waals surface area contributed by atoms with Crippen LogP contribution in [0.4, 0.5) is 0 Å². The summed E-state index contributed by atoms with van der Waals surface area (Å²) in [6.07, 6.45) is 0. The van der Waals surface area contributed by atoms with E-state index in [-0.39, 0.29) is 17.1 Å². The van der Waals surface area contributed by atoms with Crippen molar-refractivity contribution in [3.8, 4) is 0 Å². The Bertz CT molecular complexity index is 384. The third-order valence-electron chi connectivity index (χ3n) is 3.53. The Labute approximate surface area is 109 Å². The van der Waals surface area contributed by atoms with Gasteiger partial charge in [0.1, 0.15) is 5.25 Å². The Kier molecular flexibility index (Phi) is 4.51. The quantitative estimate of drug-likeness (QED) is 0.738. The molecule has 1 aliphatic rings. The highest BCUT2D eigenvalue weighted by atomic mass is 32.2. The van der Waals surface area contributed by atoms with Crippen molar-refractivity contribution in [2.45, 2.75) is 38.1 Å². The summed E-state index contributed by atoms with van der Waals surface area (Å²) in [6.45, 7) is 6.57. The fourth-order valence-electron chi connectivity index (χ4n) is 1.93. The van der Waals surface area contributed by atoms with Crippen molar-refractivity contribution in [2.75, 3.05) is 20.1 Å². The summed E-state index contributed by atoms with van der Waals surface area (Å²) in [5, 5.41) is -0.791. The zero-order valence-corrected chi connectivity index (χ0v) is 12.4. The maximum atomic E-state index is 12.3. The van der Waals surface area contributed by atoms with E-state index < -0.39 is 15.3 Å². The lowest BCUT2D eigenvalue weighted by atomic mass is 10.1.